The standard InChI is InChI=1S/C22H26F3NO3/c1-27-20-8-7-17(13-21(20)28-2)15-26-11-9-16(14-26)10-12-29-19-6-4-3-5-18(19)22(23,24)25/h3-8,13,16H,9-12,14-15H2,1-2H3. The van der Waals surface area contributed by atoms with Gasteiger partial charge in [0.2, 0.25) is 0 Å². The Morgan fingerprint density at radius 3 is 2.48 bits per heavy atom. The lowest BCUT2D eigenvalue weighted by atomic mass is 10.1. The zero-order valence-corrected chi connectivity index (χ0v) is 16.7. The molecule has 0 aliphatic carbocycles. The van der Waals surface area contributed by atoms with Gasteiger partial charge in [-0.25, -0.2) is 0 Å². The van der Waals surface area contributed by atoms with Gasteiger partial charge in [-0.05, 0) is 55.1 Å². The number of benzene rings is 2. The molecule has 2 aromatic rings. The lowest BCUT2D eigenvalue weighted by molar-refractivity contribution is -0.139. The van der Waals surface area contributed by atoms with E-state index in [1.165, 1.54) is 12.1 Å². The summed E-state index contributed by atoms with van der Waals surface area (Å²) in [6.07, 6.45) is -2.66. The predicted octanol–water partition coefficient (Wildman–Crippen LogP) is 5.01. The Bertz CT molecular complexity index is 810. The highest BCUT2D eigenvalue weighted by molar-refractivity contribution is 5.42. The molecule has 1 aliphatic heterocycles. The summed E-state index contributed by atoms with van der Waals surface area (Å²) in [6, 6.07) is 11.3. The molecule has 1 fully saturated rings. The average molecular weight is 409 g/mol. The van der Waals surface area contributed by atoms with Crippen LogP contribution in [0.5, 0.6) is 17.2 Å². The Labute approximate surface area is 169 Å². The Morgan fingerprint density at radius 2 is 1.76 bits per heavy atom. The lowest BCUT2D eigenvalue weighted by Gasteiger charge is -2.18. The van der Waals surface area contributed by atoms with E-state index < -0.39 is 11.7 Å². The lowest BCUT2D eigenvalue weighted by Crippen LogP contribution is -2.20. The van der Waals surface area contributed by atoms with Crippen molar-refractivity contribution in [2.45, 2.75) is 25.6 Å². The van der Waals surface area contributed by atoms with Crippen LogP contribution in [-0.2, 0) is 12.7 Å². The van der Waals surface area contributed by atoms with E-state index in [2.05, 4.69) is 4.90 Å². The number of ether oxygens (including phenoxy) is 3. The van der Waals surface area contributed by atoms with Crippen molar-refractivity contribution in [3.05, 3.63) is 53.6 Å². The Kier molecular flexibility index (Phi) is 6.90. The maximum absolute atomic E-state index is 13.0. The monoisotopic (exact) mass is 409 g/mol. The normalized spacial score (nSPS) is 17.3. The van der Waals surface area contributed by atoms with E-state index in [9.17, 15) is 13.2 Å². The van der Waals surface area contributed by atoms with Gasteiger partial charge in [-0.2, -0.15) is 13.2 Å². The topological polar surface area (TPSA) is 30.9 Å². The Morgan fingerprint density at radius 1 is 1.00 bits per heavy atom. The summed E-state index contributed by atoms with van der Waals surface area (Å²) < 4.78 is 55.2. The van der Waals surface area contributed by atoms with Crippen molar-refractivity contribution in [2.24, 2.45) is 5.92 Å². The largest absolute Gasteiger partial charge is 0.493 e. The predicted molar refractivity (Wildman–Crippen MR) is 104 cm³/mol. The van der Waals surface area contributed by atoms with Crippen LogP contribution in [0.1, 0.15) is 24.0 Å². The minimum Gasteiger partial charge on any atom is -0.493 e. The van der Waals surface area contributed by atoms with Crippen LogP contribution in [0.2, 0.25) is 0 Å². The first-order valence-corrected chi connectivity index (χ1v) is 9.63. The zero-order valence-electron chi connectivity index (χ0n) is 16.7. The van der Waals surface area contributed by atoms with Crippen molar-refractivity contribution < 1.29 is 27.4 Å². The second-order valence-electron chi connectivity index (χ2n) is 7.21. The number of methoxy groups -OCH3 is 2. The number of likely N-dealkylation sites (tertiary alicyclic amines) is 1. The highest BCUT2D eigenvalue weighted by Gasteiger charge is 2.34. The third kappa shape index (κ3) is 5.56. The first-order valence-electron chi connectivity index (χ1n) is 9.63. The fraction of sp³-hybridized carbons (Fsp3) is 0.455. The van der Waals surface area contributed by atoms with E-state index in [4.69, 9.17) is 14.2 Å². The van der Waals surface area contributed by atoms with Crippen molar-refractivity contribution in [1.29, 1.82) is 0 Å². The van der Waals surface area contributed by atoms with Crippen molar-refractivity contribution in [2.75, 3.05) is 33.9 Å². The van der Waals surface area contributed by atoms with Crippen LogP contribution in [0.15, 0.2) is 42.5 Å². The molecule has 0 bridgehead atoms. The summed E-state index contributed by atoms with van der Waals surface area (Å²) in [4.78, 5) is 2.34. The Hall–Kier alpha value is -2.41. The van der Waals surface area contributed by atoms with Crippen LogP contribution >= 0.6 is 0 Å². The van der Waals surface area contributed by atoms with Crippen molar-refractivity contribution in [3.63, 3.8) is 0 Å². The molecule has 1 atom stereocenters. The SMILES string of the molecule is COc1ccc(CN2CCC(CCOc3ccccc3C(F)(F)F)C2)cc1OC. The van der Waals surface area contributed by atoms with Crippen LogP contribution in [0, 0.1) is 5.92 Å². The van der Waals surface area contributed by atoms with E-state index in [-0.39, 0.29) is 12.4 Å². The molecular weight excluding hydrogens is 383 g/mol. The molecule has 2 aromatic carbocycles. The van der Waals surface area contributed by atoms with E-state index in [0.29, 0.717) is 17.4 Å². The van der Waals surface area contributed by atoms with Gasteiger partial charge in [-0.3, -0.25) is 4.90 Å². The zero-order chi connectivity index (χ0) is 20.9. The highest BCUT2D eigenvalue weighted by Crippen LogP contribution is 2.36. The molecule has 3 rings (SSSR count). The first-order chi connectivity index (χ1) is 13.9. The number of hydrogen-bond donors (Lipinski definition) is 0. The molecule has 0 spiro atoms. The average Bonchev–Trinajstić information content (AvgIpc) is 3.14. The van der Waals surface area contributed by atoms with Gasteiger partial charge in [0.25, 0.3) is 0 Å². The molecular formula is C22H26F3NO3. The van der Waals surface area contributed by atoms with Crippen LogP contribution in [0.4, 0.5) is 13.2 Å². The number of rotatable bonds is 8. The molecule has 0 saturated carbocycles. The number of alkyl halides is 3. The second kappa shape index (κ2) is 9.39. The fourth-order valence-electron chi connectivity index (χ4n) is 3.69. The van der Waals surface area contributed by atoms with Gasteiger partial charge in [0.1, 0.15) is 5.75 Å². The molecule has 158 valence electrons. The first kappa shape index (κ1) is 21.3. The van der Waals surface area contributed by atoms with Gasteiger partial charge in [0, 0.05) is 13.1 Å². The molecule has 4 nitrogen and oxygen atoms in total. The minimum atomic E-state index is -4.40. The molecule has 0 N–H and O–H groups in total. The maximum Gasteiger partial charge on any atom is 0.419 e. The van der Waals surface area contributed by atoms with E-state index in [1.54, 1.807) is 20.3 Å². The van der Waals surface area contributed by atoms with Crippen molar-refractivity contribution in [3.8, 4) is 17.2 Å². The molecule has 1 saturated heterocycles. The van der Waals surface area contributed by atoms with Gasteiger partial charge >= 0.3 is 6.18 Å². The van der Waals surface area contributed by atoms with Gasteiger partial charge in [0.05, 0.1) is 26.4 Å². The van der Waals surface area contributed by atoms with Crippen LogP contribution in [0.3, 0.4) is 0 Å². The molecule has 1 heterocycles. The van der Waals surface area contributed by atoms with Crippen molar-refractivity contribution in [1.82, 2.24) is 4.90 Å². The van der Waals surface area contributed by atoms with Gasteiger partial charge in [-0.15, -0.1) is 0 Å². The molecule has 1 aliphatic rings. The summed E-state index contributed by atoms with van der Waals surface area (Å²) in [7, 11) is 3.22. The van der Waals surface area contributed by atoms with E-state index >= 15 is 0 Å². The van der Waals surface area contributed by atoms with Crippen LogP contribution in [-0.4, -0.2) is 38.8 Å². The summed E-state index contributed by atoms with van der Waals surface area (Å²) in [5.74, 6) is 1.72. The molecule has 29 heavy (non-hydrogen) atoms. The van der Waals surface area contributed by atoms with Gasteiger partial charge in [0.15, 0.2) is 11.5 Å². The minimum absolute atomic E-state index is 0.0971. The highest BCUT2D eigenvalue weighted by atomic mass is 19.4. The van der Waals surface area contributed by atoms with E-state index in [1.807, 2.05) is 18.2 Å². The van der Waals surface area contributed by atoms with Gasteiger partial charge < -0.3 is 14.2 Å². The quantitative estimate of drug-likeness (QED) is 0.613. The molecule has 0 amide bonds. The number of hydrogen-bond acceptors (Lipinski definition) is 4. The summed E-state index contributed by atoms with van der Waals surface area (Å²) in [5.41, 5.74) is 0.417. The van der Waals surface area contributed by atoms with Crippen LogP contribution in [0.25, 0.3) is 0 Å². The molecule has 7 heteroatoms. The van der Waals surface area contributed by atoms with Crippen LogP contribution < -0.4 is 14.2 Å². The van der Waals surface area contributed by atoms with Crippen molar-refractivity contribution >= 4 is 0 Å². The second-order valence-corrected chi connectivity index (χ2v) is 7.21. The summed E-state index contributed by atoms with van der Waals surface area (Å²) in [6.45, 7) is 2.94. The third-order valence-corrected chi connectivity index (χ3v) is 5.20. The smallest absolute Gasteiger partial charge is 0.419 e. The molecule has 0 radical (unpaired) electrons. The summed E-state index contributed by atoms with van der Waals surface area (Å²) in [5, 5.41) is 0. The molecule has 0 aromatic heterocycles. The maximum atomic E-state index is 13.0. The molecule has 1 unspecified atom stereocenters. The number of halogens is 3. The number of para-hydroxylation sites is 1. The third-order valence-electron chi connectivity index (χ3n) is 5.20. The Balaban J connectivity index is 1.49. The summed E-state index contributed by atoms with van der Waals surface area (Å²) >= 11 is 0. The van der Waals surface area contributed by atoms with Gasteiger partial charge in [-0.1, -0.05) is 18.2 Å². The fourth-order valence-corrected chi connectivity index (χ4v) is 3.69. The number of nitrogens with zero attached hydrogens (tertiary/aromatic N) is 1. The van der Waals surface area contributed by atoms with E-state index in [0.717, 1.165) is 44.1 Å².